The molecule has 2 heterocycles. The third kappa shape index (κ3) is 6.50. The van der Waals surface area contributed by atoms with Crippen LogP contribution in [0.2, 0.25) is 0 Å². The van der Waals surface area contributed by atoms with E-state index in [0.29, 0.717) is 5.69 Å². The second-order valence-electron chi connectivity index (χ2n) is 7.05. The monoisotopic (exact) mass is 630 g/mol. The SMILES string of the molecule is [2H]C([2H])([2H])c1ccc(-c2[c-]cc(F)c(F)c2)nc1.[Ir].[c-]1ccccc1-c1cc(-c2ccccc2)ccn1. The van der Waals surface area contributed by atoms with Gasteiger partial charge >= 0.3 is 0 Å². The number of rotatable bonds is 3. The van der Waals surface area contributed by atoms with Crippen LogP contribution in [0.4, 0.5) is 8.78 Å². The molecular formula is C29H20F2IrN2-2. The smallest absolute Gasteiger partial charge is 0.0765 e. The van der Waals surface area contributed by atoms with E-state index in [9.17, 15) is 8.78 Å². The van der Waals surface area contributed by atoms with Crippen LogP contribution in [-0.2, 0) is 20.1 Å². The molecule has 0 fully saturated rings. The van der Waals surface area contributed by atoms with Crippen LogP contribution < -0.4 is 0 Å². The summed E-state index contributed by atoms with van der Waals surface area (Å²) >= 11 is 0. The summed E-state index contributed by atoms with van der Waals surface area (Å²) in [6.07, 6.45) is 3.04. The van der Waals surface area contributed by atoms with Gasteiger partial charge in [-0.1, -0.05) is 48.5 Å². The minimum atomic E-state index is -2.23. The maximum absolute atomic E-state index is 13.0. The molecule has 0 N–H and O–H groups in total. The molecule has 0 unspecified atom stereocenters. The third-order valence-corrected chi connectivity index (χ3v) is 4.75. The van der Waals surface area contributed by atoms with Gasteiger partial charge in [-0.3, -0.25) is 4.39 Å². The van der Waals surface area contributed by atoms with Gasteiger partial charge < -0.3 is 9.97 Å². The average Bonchev–Trinajstić information content (AvgIpc) is 2.91. The van der Waals surface area contributed by atoms with Crippen molar-refractivity contribution in [2.24, 2.45) is 0 Å². The van der Waals surface area contributed by atoms with Gasteiger partial charge in [0.1, 0.15) is 0 Å². The van der Waals surface area contributed by atoms with Gasteiger partial charge in [-0.05, 0) is 41.0 Å². The first-order valence-corrected chi connectivity index (χ1v) is 10.1. The standard InChI is InChI=1S/C17H12N.C12H8F2N.Ir/c1-3-7-14(8-4-1)16-11-12-18-17(13-16)15-9-5-2-6-10-15;1-8-2-5-12(15-7-8)9-3-4-10(13)11(14)6-9;/h1-9,11-13H;2,4-7H,1H3;/q2*-1;/i;1D3;. The third-order valence-electron chi connectivity index (χ3n) is 4.75. The fourth-order valence-corrected chi connectivity index (χ4v) is 3.09. The number of benzene rings is 3. The number of hydrogen-bond donors (Lipinski definition) is 0. The van der Waals surface area contributed by atoms with Crippen molar-refractivity contribution in [3.05, 3.63) is 133 Å². The molecule has 5 rings (SSSR count). The predicted molar refractivity (Wildman–Crippen MR) is 127 cm³/mol. The maximum Gasteiger partial charge on any atom is 0.0765 e. The molecule has 3 aromatic carbocycles. The van der Waals surface area contributed by atoms with Crippen LogP contribution in [0.1, 0.15) is 9.68 Å². The van der Waals surface area contributed by atoms with Crippen LogP contribution in [0.3, 0.4) is 0 Å². The van der Waals surface area contributed by atoms with Crippen LogP contribution in [0.5, 0.6) is 0 Å². The van der Waals surface area contributed by atoms with Crippen LogP contribution in [0.15, 0.2) is 103 Å². The molecule has 34 heavy (non-hydrogen) atoms. The Morgan fingerprint density at radius 3 is 2.24 bits per heavy atom. The number of aromatic nitrogens is 2. The quantitative estimate of drug-likeness (QED) is 0.195. The fourth-order valence-electron chi connectivity index (χ4n) is 3.09. The molecule has 0 spiro atoms. The zero-order valence-electron chi connectivity index (χ0n) is 20.8. The van der Waals surface area contributed by atoms with Crippen LogP contribution in [-0.4, -0.2) is 9.97 Å². The molecule has 0 aliphatic rings. The molecule has 2 aromatic heterocycles. The van der Waals surface area contributed by atoms with E-state index in [1.165, 1.54) is 29.5 Å². The molecule has 5 aromatic rings. The summed E-state index contributed by atoms with van der Waals surface area (Å²) in [7, 11) is 0. The molecule has 0 amide bonds. The van der Waals surface area contributed by atoms with Crippen molar-refractivity contribution in [3.8, 4) is 33.6 Å². The summed E-state index contributed by atoms with van der Waals surface area (Å²) in [6.45, 7) is -2.23. The second kappa shape index (κ2) is 12.1. The second-order valence-corrected chi connectivity index (χ2v) is 7.05. The molecule has 0 bridgehead atoms. The van der Waals surface area contributed by atoms with E-state index < -0.39 is 18.5 Å². The van der Waals surface area contributed by atoms with Crippen LogP contribution in [0.25, 0.3) is 33.6 Å². The Labute approximate surface area is 215 Å². The van der Waals surface area contributed by atoms with E-state index in [1.807, 2.05) is 54.7 Å². The first kappa shape index (κ1) is 21.0. The molecule has 0 aliphatic carbocycles. The summed E-state index contributed by atoms with van der Waals surface area (Å²) < 4.78 is 47.3. The largest absolute Gasteiger partial charge is 0.305 e. The van der Waals surface area contributed by atoms with Gasteiger partial charge in [0.25, 0.3) is 0 Å². The van der Waals surface area contributed by atoms with Crippen molar-refractivity contribution in [1.82, 2.24) is 9.97 Å². The number of aryl methyl sites for hydroxylation is 1. The fraction of sp³-hybridized carbons (Fsp3) is 0.0345. The van der Waals surface area contributed by atoms with Gasteiger partial charge in [0.2, 0.25) is 0 Å². The van der Waals surface area contributed by atoms with Crippen molar-refractivity contribution in [2.45, 2.75) is 6.85 Å². The van der Waals surface area contributed by atoms with Gasteiger partial charge in [-0.25, -0.2) is 4.39 Å². The molecule has 1 radical (unpaired) electrons. The topological polar surface area (TPSA) is 25.8 Å². The van der Waals surface area contributed by atoms with Gasteiger partial charge in [0.15, 0.2) is 0 Å². The van der Waals surface area contributed by atoms with Crippen LogP contribution in [0, 0.1) is 30.6 Å². The molecule has 5 heteroatoms. The summed E-state index contributed by atoms with van der Waals surface area (Å²) in [5.74, 6) is -1.98. The van der Waals surface area contributed by atoms with E-state index in [1.54, 1.807) is 0 Å². The predicted octanol–water partition coefficient (Wildman–Crippen LogP) is 7.35. The number of nitrogens with zero attached hydrogens (tertiary/aromatic N) is 2. The van der Waals surface area contributed by atoms with Crippen molar-refractivity contribution in [2.75, 3.05) is 0 Å². The summed E-state index contributed by atoms with van der Waals surface area (Å²) in [5, 5.41) is 0. The minimum absolute atomic E-state index is 0. The van der Waals surface area contributed by atoms with Gasteiger partial charge in [0, 0.05) is 36.6 Å². The first-order chi connectivity index (χ1) is 17.3. The van der Waals surface area contributed by atoms with Gasteiger partial charge in [-0.15, -0.1) is 59.7 Å². The zero-order valence-corrected chi connectivity index (χ0v) is 20.2. The zero-order chi connectivity index (χ0) is 25.5. The molecule has 0 atom stereocenters. The van der Waals surface area contributed by atoms with E-state index in [-0.39, 0.29) is 31.2 Å². The molecule has 0 aliphatic heterocycles. The molecule has 0 saturated heterocycles. The Balaban J connectivity index is 0.000000200. The number of halogens is 2. The Bertz CT molecular complexity index is 1370. The van der Waals surface area contributed by atoms with Crippen molar-refractivity contribution < 1.29 is 33.0 Å². The maximum atomic E-state index is 13.0. The molecule has 2 nitrogen and oxygen atoms in total. The van der Waals surface area contributed by atoms with Crippen LogP contribution >= 0.6 is 0 Å². The molecule has 0 saturated carbocycles. The average molecular weight is 630 g/mol. The van der Waals surface area contributed by atoms with E-state index in [4.69, 9.17) is 4.11 Å². The molecular weight excluding hydrogens is 607 g/mol. The Hall–Kier alpha value is -3.53. The van der Waals surface area contributed by atoms with E-state index >= 15 is 0 Å². The van der Waals surface area contributed by atoms with Gasteiger partial charge in [0.05, 0.1) is 11.6 Å². The number of pyridine rings is 2. The van der Waals surface area contributed by atoms with Crippen molar-refractivity contribution in [3.63, 3.8) is 0 Å². The molecule has 171 valence electrons. The van der Waals surface area contributed by atoms with Crippen molar-refractivity contribution >= 4 is 0 Å². The Morgan fingerprint density at radius 2 is 1.56 bits per heavy atom. The summed E-state index contributed by atoms with van der Waals surface area (Å²) in [6, 6.07) is 32.7. The van der Waals surface area contributed by atoms with Crippen molar-refractivity contribution in [1.29, 1.82) is 0 Å². The van der Waals surface area contributed by atoms with E-state index in [0.717, 1.165) is 23.4 Å². The first-order valence-electron chi connectivity index (χ1n) is 11.6. The minimum Gasteiger partial charge on any atom is -0.305 e. The normalized spacial score (nSPS) is 11.6. The Kier molecular flexibility index (Phi) is 7.47. The summed E-state index contributed by atoms with van der Waals surface area (Å²) in [4.78, 5) is 8.31. The Morgan fingerprint density at radius 1 is 0.735 bits per heavy atom. The summed E-state index contributed by atoms with van der Waals surface area (Å²) in [5.41, 5.74) is 5.06. The van der Waals surface area contributed by atoms with Gasteiger partial charge in [-0.2, -0.15) is 0 Å². The number of hydrogen-bond acceptors (Lipinski definition) is 2. The van der Waals surface area contributed by atoms with E-state index in [2.05, 4.69) is 40.3 Å².